The minimum absolute atomic E-state index is 0.0692. The van der Waals surface area contributed by atoms with Gasteiger partial charge < -0.3 is 5.32 Å². The number of nitrogens with zero attached hydrogens (tertiary/aromatic N) is 2. The predicted octanol–water partition coefficient (Wildman–Crippen LogP) is 1.07. The fraction of sp³-hybridized carbons (Fsp3) is 0.750. The Labute approximate surface area is 101 Å². The van der Waals surface area contributed by atoms with Gasteiger partial charge in [-0.15, -0.1) is 0 Å². The first-order chi connectivity index (χ1) is 8.16. The number of carbonyl (C=O) groups excluding carboxylic acids is 1. The molecule has 0 radical (unpaired) electrons. The SMILES string of the molecule is CC(C)CCNC(=O)C1CCc2n[nH]nc2C1. The number of rotatable bonds is 4. The molecular weight excluding hydrogens is 216 g/mol. The normalized spacial score (nSPS) is 19.1. The molecule has 2 N–H and O–H groups in total. The minimum Gasteiger partial charge on any atom is -0.356 e. The van der Waals surface area contributed by atoms with Crippen molar-refractivity contribution in [3.63, 3.8) is 0 Å². The van der Waals surface area contributed by atoms with E-state index in [2.05, 4.69) is 34.6 Å². The van der Waals surface area contributed by atoms with Gasteiger partial charge in [0.2, 0.25) is 5.91 Å². The zero-order chi connectivity index (χ0) is 12.3. The van der Waals surface area contributed by atoms with Gasteiger partial charge >= 0.3 is 0 Å². The second kappa shape index (κ2) is 5.29. The van der Waals surface area contributed by atoms with Crippen molar-refractivity contribution in [3.8, 4) is 0 Å². The average molecular weight is 236 g/mol. The number of hydrogen-bond donors (Lipinski definition) is 2. The molecule has 1 atom stereocenters. The molecule has 1 aromatic heterocycles. The molecule has 5 heteroatoms. The van der Waals surface area contributed by atoms with Crippen molar-refractivity contribution in [2.75, 3.05) is 6.54 Å². The van der Waals surface area contributed by atoms with Gasteiger partial charge in [0.15, 0.2) is 0 Å². The standard InChI is InChI=1S/C12H20N4O/c1-8(2)5-6-13-12(17)9-3-4-10-11(7-9)15-16-14-10/h8-9H,3-7H2,1-2H3,(H,13,17)(H,14,15,16). The Morgan fingerprint density at radius 3 is 3.00 bits per heavy atom. The predicted molar refractivity (Wildman–Crippen MR) is 64.4 cm³/mol. The average Bonchev–Trinajstić information content (AvgIpc) is 2.75. The first-order valence-corrected chi connectivity index (χ1v) is 6.33. The van der Waals surface area contributed by atoms with E-state index in [1.165, 1.54) is 0 Å². The Kier molecular flexibility index (Phi) is 3.76. The van der Waals surface area contributed by atoms with Crippen LogP contribution in [-0.4, -0.2) is 27.9 Å². The molecule has 0 aliphatic heterocycles. The molecule has 1 amide bonds. The van der Waals surface area contributed by atoms with E-state index in [9.17, 15) is 4.79 Å². The van der Waals surface area contributed by atoms with E-state index in [4.69, 9.17) is 0 Å². The highest BCUT2D eigenvalue weighted by atomic mass is 16.1. The first kappa shape index (κ1) is 12.1. The van der Waals surface area contributed by atoms with E-state index in [0.29, 0.717) is 5.92 Å². The fourth-order valence-electron chi connectivity index (χ4n) is 2.14. The number of aryl methyl sites for hydroxylation is 1. The van der Waals surface area contributed by atoms with Crippen molar-refractivity contribution >= 4 is 5.91 Å². The maximum absolute atomic E-state index is 11.9. The lowest BCUT2D eigenvalue weighted by Gasteiger charge is -2.19. The molecule has 5 nitrogen and oxygen atoms in total. The van der Waals surface area contributed by atoms with Crippen LogP contribution in [0.5, 0.6) is 0 Å². The summed E-state index contributed by atoms with van der Waals surface area (Å²) in [5, 5.41) is 13.8. The summed E-state index contributed by atoms with van der Waals surface area (Å²) in [5.41, 5.74) is 1.98. The highest BCUT2D eigenvalue weighted by Crippen LogP contribution is 2.22. The minimum atomic E-state index is 0.0692. The second-order valence-electron chi connectivity index (χ2n) is 5.13. The molecule has 94 valence electrons. The van der Waals surface area contributed by atoms with Crippen LogP contribution < -0.4 is 5.32 Å². The Hall–Kier alpha value is -1.39. The van der Waals surface area contributed by atoms with E-state index in [1.807, 2.05) is 0 Å². The maximum Gasteiger partial charge on any atom is 0.223 e. The largest absolute Gasteiger partial charge is 0.356 e. The molecular formula is C12H20N4O. The van der Waals surface area contributed by atoms with Gasteiger partial charge in [-0.3, -0.25) is 4.79 Å². The zero-order valence-corrected chi connectivity index (χ0v) is 10.5. The van der Waals surface area contributed by atoms with Gasteiger partial charge in [-0.05, 0) is 25.2 Å². The summed E-state index contributed by atoms with van der Waals surface area (Å²) >= 11 is 0. The van der Waals surface area contributed by atoms with Crippen molar-refractivity contribution in [1.29, 1.82) is 0 Å². The van der Waals surface area contributed by atoms with Crippen LogP contribution in [0.1, 0.15) is 38.1 Å². The van der Waals surface area contributed by atoms with Crippen LogP contribution in [0.25, 0.3) is 0 Å². The molecule has 2 rings (SSSR count). The molecule has 1 unspecified atom stereocenters. The third kappa shape index (κ3) is 3.05. The van der Waals surface area contributed by atoms with Crippen LogP contribution in [-0.2, 0) is 17.6 Å². The summed E-state index contributed by atoms with van der Waals surface area (Å²) in [6.45, 7) is 5.10. The lowest BCUT2D eigenvalue weighted by Crippen LogP contribution is -2.35. The number of H-pyrrole nitrogens is 1. The Bertz CT molecular complexity index is 386. The molecule has 1 aliphatic carbocycles. The molecule has 0 spiro atoms. The number of aromatic amines is 1. The first-order valence-electron chi connectivity index (χ1n) is 6.33. The summed E-state index contributed by atoms with van der Waals surface area (Å²) in [6.07, 6.45) is 3.49. The Morgan fingerprint density at radius 1 is 1.47 bits per heavy atom. The van der Waals surface area contributed by atoms with Crippen molar-refractivity contribution in [3.05, 3.63) is 11.4 Å². The van der Waals surface area contributed by atoms with Crippen LogP contribution >= 0.6 is 0 Å². The van der Waals surface area contributed by atoms with Gasteiger partial charge in [-0.2, -0.15) is 15.4 Å². The maximum atomic E-state index is 11.9. The van der Waals surface area contributed by atoms with Crippen molar-refractivity contribution < 1.29 is 4.79 Å². The second-order valence-corrected chi connectivity index (χ2v) is 5.13. The lowest BCUT2D eigenvalue weighted by molar-refractivity contribution is -0.125. The van der Waals surface area contributed by atoms with Crippen LogP contribution in [0.2, 0.25) is 0 Å². The number of nitrogens with one attached hydrogen (secondary N) is 2. The molecule has 1 aliphatic rings. The number of amides is 1. The highest BCUT2D eigenvalue weighted by molar-refractivity contribution is 5.79. The van der Waals surface area contributed by atoms with Gasteiger partial charge in [0.1, 0.15) is 0 Å². The van der Waals surface area contributed by atoms with Crippen molar-refractivity contribution in [1.82, 2.24) is 20.7 Å². The van der Waals surface area contributed by atoms with Crippen LogP contribution in [0.15, 0.2) is 0 Å². The van der Waals surface area contributed by atoms with Gasteiger partial charge in [-0.25, -0.2) is 0 Å². The van der Waals surface area contributed by atoms with Crippen molar-refractivity contribution in [2.45, 2.75) is 39.5 Å². The lowest BCUT2D eigenvalue weighted by atomic mass is 9.89. The van der Waals surface area contributed by atoms with Crippen LogP contribution in [0, 0.1) is 11.8 Å². The fourth-order valence-corrected chi connectivity index (χ4v) is 2.14. The summed E-state index contributed by atoms with van der Waals surface area (Å²) in [5.74, 6) is 0.864. The number of carbonyl (C=O) groups is 1. The van der Waals surface area contributed by atoms with E-state index < -0.39 is 0 Å². The highest BCUT2D eigenvalue weighted by Gasteiger charge is 2.26. The smallest absolute Gasteiger partial charge is 0.223 e. The zero-order valence-electron chi connectivity index (χ0n) is 10.5. The van der Waals surface area contributed by atoms with Gasteiger partial charge in [0.25, 0.3) is 0 Å². The third-order valence-electron chi connectivity index (χ3n) is 3.26. The summed E-state index contributed by atoms with van der Waals surface area (Å²) in [7, 11) is 0. The van der Waals surface area contributed by atoms with Gasteiger partial charge in [0, 0.05) is 18.9 Å². The van der Waals surface area contributed by atoms with Crippen LogP contribution in [0.4, 0.5) is 0 Å². The Morgan fingerprint density at radius 2 is 2.24 bits per heavy atom. The van der Waals surface area contributed by atoms with E-state index >= 15 is 0 Å². The molecule has 0 saturated carbocycles. The molecule has 0 bridgehead atoms. The molecule has 1 heterocycles. The van der Waals surface area contributed by atoms with Crippen molar-refractivity contribution in [2.24, 2.45) is 11.8 Å². The molecule has 0 saturated heterocycles. The Balaban J connectivity index is 1.82. The molecule has 0 aromatic carbocycles. The summed E-state index contributed by atoms with van der Waals surface area (Å²) in [6, 6.07) is 0. The monoisotopic (exact) mass is 236 g/mol. The number of fused-ring (bicyclic) bond motifs is 1. The summed E-state index contributed by atoms with van der Waals surface area (Å²) < 4.78 is 0. The van der Waals surface area contributed by atoms with Gasteiger partial charge in [-0.1, -0.05) is 13.8 Å². The quantitative estimate of drug-likeness (QED) is 0.821. The molecule has 0 fully saturated rings. The topological polar surface area (TPSA) is 70.7 Å². The van der Waals surface area contributed by atoms with E-state index in [0.717, 1.165) is 43.6 Å². The third-order valence-corrected chi connectivity index (χ3v) is 3.26. The summed E-state index contributed by atoms with van der Waals surface area (Å²) in [4.78, 5) is 11.9. The molecule has 17 heavy (non-hydrogen) atoms. The van der Waals surface area contributed by atoms with Gasteiger partial charge in [0.05, 0.1) is 11.4 Å². The van der Waals surface area contributed by atoms with E-state index in [-0.39, 0.29) is 11.8 Å². The number of aromatic nitrogens is 3. The van der Waals surface area contributed by atoms with E-state index in [1.54, 1.807) is 0 Å². The molecule has 1 aromatic rings. The van der Waals surface area contributed by atoms with Crippen LogP contribution in [0.3, 0.4) is 0 Å². The number of hydrogen-bond acceptors (Lipinski definition) is 3.